The van der Waals surface area contributed by atoms with Crippen molar-refractivity contribution < 1.29 is 33.3 Å². The van der Waals surface area contributed by atoms with Crippen molar-refractivity contribution in [3.63, 3.8) is 0 Å². The fourth-order valence-corrected chi connectivity index (χ4v) is 5.93. The number of ether oxygens (including phenoxy) is 4. The molecular formula is C36H71N3O7S. The molecule has 0 heterocycles. The molecular weight excluding hydrogens is 618 g/mol. The van der Waals surface area contributed by atoms with E-state index in [1.54, 1.807) is 0 Å². The molecule has 0 fully saturated rings. The molecule has 0 aromatic carbocycles. The monoisotopic (exact) mass is 690 g/mol. The molecule has 0 aromatic heterocycles. The quantitative estimate of drug-likeness (QED) is 0.0494. The summed E-state index contributed by atoms with van der Waals surface area (Å²) in [6.07, 6.45) is 21.3. The molecule has 5 N–H and O–H groups in total. The van der Waals surface area contributed by atoms with Crippen LogP contribution in [0.3, 0.4) is 0 Å². The zero-order valence-corrected chi connectivity index (χ0v) is 30.9. The first-order chi connectivity index (χ1) is 22.9. The van der Waals surface area contributed by atoms with Crippen LogP contribution in [0.4, 0.5) is 0 Å². The summed E-state index contributed by atoms with van der Waals surface area (Å²) < 4.78 is 21.9. The highest BCUT2D eigenvalue weighted by atomic mass is 32.2. The van der Waals surface area contributed by atoms with Gasteiger partial charge in [0.15, 0.2) is 0 Å². The third kappa shape index (κ3) is 32.9. The summed E-state index contributed by atoms with van der Waals surface area (Å²) >= 11 is 1.41. The van der Waals surface area contributed by atoms with Crippen LogP contribution in [0.2, 0.25) is 0 Å². The average molecular weight is 690 g/mol. The van der Waals surface area contributed by atoms with E-state index in [0.717, 1.165) is 38.5 Å². The van der Waals surface area contributed by atoms with Crippen molar-refractivity contribution in [2.45, 2.75) is 154 Å². The van der Waals surface area contributed by atoms with Crippen LogP contribution in [-0.2, 0) is 33.3 Å². The Hall–Kier alpha value is -1.40. The van der Waals surface area contributed by atoms with Gasteiger partial charge in [-0.15, -0.1) is 0 Å². The maximum Gasteiger partial charge on any atom is 0.306 e. The Balaban J connectivity index is 4.44. The van der Waals surface area contributed by atoms with E-state index in [0.29, 0.717) is 63.9 Å². The van der Waals surface area contributed by atoms with Gasteiger partial charge in [-0.3, -0.25) is 14.4 Å². The molecule has 0 aliphatic rings. The number of unbranched alkanes of at least 4 members (excludes halogenated alkanes) is 16. The van der Waals surface area contributed by atoms with Crippen LogP contribution < -0.4 is 16.8 Å². The van der Waals surface area contributed by atoms with Crippen LogP contribution in [0.5, 0.6) is 0 Å². The summed E-state index contributed by atoms with van der Waals surface area (Å²) in [5, 5.41) is 2.77. The van der Waals surface area contributed by atoms with Gasteiger partial charge in [0.25, 0.3) is 0 Å². The van der Waals surface area contributed by atoms with E-state index in [4.69, 9.17) is 30.4 Å². The van der Waals surface area contributed by atoms with Gasteiger partial charge in [-0.2, -0.15) is 11.8 Å². The van der Waals surface area contributed by atoms with Crippen LogP contribution in [0.1, 0.15) is 142 Å². The number of nitrogens with one attached hydrogen (secondary N) is 1. The van der Waals surface area contributed by atoms with Gasteiger partial charge in [0, 0.05) is 37.4 Å². The molecule has 2 atom stereocenters. The van der Waals surface area contributed by atoms with E-state index < -0.39 is 12.1 Å². The molecule has 0 saturated carbocycles. The summed E-state index contributed by atoms with van der Waals surface area (Å²) in [6, 6.07) is -0.722. The summed E-state index contributed by atoms with van der Waals surface area (Å²) in [6.45, 7) is 7.03. The fraction of sp³-hybridized carbons (Fsp3) is 0.917. The summed E-state index contributed by atoms with van der Waals surface area (Å²) in [5.41, 5.74) is 11.5. The maximum absolute atomic E-state index is 12.6. The molecule has 11 heteroatoms. The molecule has 10 nitrogen and oxygen atoms in total. The zero-order chi connectivity index (χ0) is 34.6. The molecule has 1 amide bonds. The Bertz CT molecular complexity index is 733. The topological polar surface area (TPSA) is 152 Å². The van der Waals surface area contributed by atoms with Gasteiger partial charge in [-0.05, 0) is 12.8 Å². The average Bonchev–Trinajstić information content (AvgIpc) is 3.06. The number of carbonyl (C=O) groups is 3. The highest BCUT2D eigenvalue weighted by Gasteiger charge is 2.19. The number of hydrogen-bond acceptors (Lipinski definition) is 10. The Morgan fingerprint density at radius 2 is 1.13 bits per heavy atom. The molecule has 278 valence electrons. The number of carbonyl (C=O) groups excluding carboxylic acids is 3. The van der Waals surface area contributed by atoms with Gasteiger partial charge in [0.1, 0.15) is 12.7 Å². The van der Waals surface area contributed by atoms with Crippen LogP contribution >= 0.6 is 11.8 Å². The van der Waals surface area contributed by atoms with E-state index in [1.807, 2.05) is 0 Å². The lowest BCUT2D eigenvalue weighted by atomic mass is 10.1. The normalized spacial score (nSPS) is 12.5. The molecule has 0 aliphatic carbocycles. The molecule has 0 bridgehead atoms. The first kappa shape index (κ1) is 45.6. The highest BCUT2D eigenvalue weighted by molar-refractivity contribution is 7.99. The largest absolute Gasteiger partial charge is 0.462 e. The lowest BCUT2D eigenvalue weighted by molar-refractivity contribution is -0.157. The van der Waals surface area contributed by atoms with Crippen molar-refractivity contribution >= 4 is 29.6 Å². The minimum Gasteiger partial charge on any atom is -0.462 e. The van der Waals surface area contributed by atoms with E-state index in [2.05, 4.69) is 19.2 Å². The Morgan fingerprint density at radius 1 is 0.638 bits per heavy atom. The second kappa shape index (κ2) is 35.9. The van der Waals surface area contributed by atoms with Crippen molar-refractivity contribution in [2.75, 3.05) is 57.6 Å². The minimum absolute atomic E-state index is 0.0144. The van der Waals surface area contributed by atoms with Crippen LogP contribution in [-0.4, -0.2) is 87.6 Å². The van der Waals surface area contributed by atoms with Gasteiger partial charge >= 0.3 is 11.9 Å². The summed E-state index contributed by atoms with van der Waals surface area (Å²) in [4.78, 5) is 37.4. The van der Waals surface area contributed by atoms with Crippen molar-refractivity contribution in [3.05, 3.63) is 0 Å². The molecule has 47 heavy (non-hydrogen) atoms. The molecule has 0 aromatic rings. The van der Waals surface area contributed by atoms with Crippen molar-refractivity contribution in [1.29, 1.82) is 0 Å². The number of hydrogen-bond donors (Lipinski definition) is 3. The number of rotatable bonds is 36. The van der Waals surface area contributed by atoms with Crippen molar-refractivity contribution in [2.24, 2.45) is 11.5 Å². The molecule has 0 radical (unpaired) electrons. The molecule has 0 rings (SSSR count). The Kier molecular flexibility index (Phi) is 34.8. The second-order valence-corrected chi connectivity index (χ2v) is 13.5. The van der Waals surface area contributed by atoms with E-state index >= 15 is 0 Å². The maximum atomic E-state index is 12.6. The van der Waals surface area contributed by atoms with Gasteiger partial charge in [0.2, 0.25) is 5.91 Å². The predicted octanol–water partition coefficient (Wildman–Crippen LogP) is 6.45. The third-order valence-electron chi connectivity index (χ3n) is 7.81. The third-order valence-corrected chi connectivity index (χ3v) is 9.02. The first-order valence-corrected chi connectivity index (χ1v) is 19.9. The minimum atomic E-state index is -0.722. The molecule has 0 spiro atoms. The number of nitrogens with two attached hydrogens (primary N) is 2. The standard InChI is InChI=1S/C36H71N3O7S/c1-3-5-7-9-11-13-15-17-19-21-34(40)45-29-32(46-35(41)22-20-18-16-14-12-10-8-6-4-2)30-47-31-33(38)36(42)39-24-26-44-28-27-43-25-23-37/h32-33H,3-31,37-38H2,1-2H3,(H,39,42)/t32-,33+/m1/s1. The van der Waals surface area contributed by atoms with Gasteiger partial charge in [0.05, 0.1) is 32.5 Å². The van der Waals surface area contributed by atoms with E-state index in [1.165, 1.54) is 88.8 Å². The SMILES string of the molecule is CCCCCCCCCCCC(=O)OC[C@H](CSC[C@H](N)C(=O)NCCOCCOCCN)OC(=O)CCCCCCCCCCC. The Labute approximate surface area is 291 Å². The highest BCUT2D eigenvalue weighted by Crippen LogP contribution is 2.14. The van der Waals surface area contributed by atoms with Crippen molar-refractivity contribution in [1.82, 2.24) is 5.32 Å². The van der Waals surface area contributed by atoms with E-state index in [9.17, 15) is 14.4 Å². The zero-order valence-electron chi connectivity index (χ0n) is 30.1. The van der Waals surface area contributed by atoms with E-state index in [-0.39, 0.29) is 24.5 Å². The predicted molar refractivity (Wildman–Crippen MR) is 194 cm³/mol. The van der Waals surface area contributed by atoms with Gasteiger partial charge in [-0.25, -0.2) is 0 Å². The number of thioether (sulfide) groups is 1. The van der Waals surface area contributed by atoms with Crippen LogP contribution in [0, 0.1) is 0 Å². The Morgan fingerprint density at radius 3 is 1.66 bits per heavy atom. The van der Waals surface area contributed by atoms with Crippen molar-refractivity contribution in [3.8, 4) is 0 Å². The molecule has 0 saturated heterocycles. The molecule has 0 aliphatic heterocycles. The lowest BCUT2D eigenvalue weighted by Crippen LogP contribution is -2.43. The number of amides is 1. The lowest BCUT2D eigenvalue weighted by Gasteiger charge is -2.19. The van der Waals surface area contributed by atoms with Gasteiger partial charge < -0.3 is 35.7 Å². The number of esters is 2. The first-order valence-electron chi connectivity index (χ1n) is 18.8. The van der Waals surface area contributed by atoms with Crippen LogP contribution in [0.15, 0.2) is 0 Å². The molecule has 0 unspecified atom stereocenters. The smallest absolute Gasteiger partial charge is 0.306 e. The fourth-order valence-electron chi connectivity index (χ4n) is 4.96. The summed E-state index contributed by atoms with van der Waals surface area (Å²) in [7, 11) is 0. The van der Waals surface area contributed by atoms with Crippen LogP contribution in [0.25, 0.3) is 0 Å². The van der Waals surface area contributed by atoms with Gasteiger partial charge in [-0.1, -0.05) is 117 Å². The second-order valence-electron chi connectivity index (χ2n) is 12.4. The summed E-state index contributed by atoms with van der Waals surface area (Å²) in [5.74, 6) is -0.0713.